The number of primary sulfonamides is 1. The van der Waals surface area contributed by atoms with Crippen LogP contribution in [0.25, 0.3) is 11.0 Å². The van der Waals surface area contributed by atoms with Gasteiger partial charge in [-0.2, -0.15) is 0 Å². The number of hydrogen-bond acceptors (Lipinski definition) is 7. The number of hydrogen-bond donors (Lipinski definition) is 1. The van der Waals surface area contributed by atoms with Gasteiger partial charge in [-0.25, -0.2) is 36.1 Å². The van der Waals surface area contributed by atoms with Crippen molar-refractivity contribution in [3.05, 3.63) is 53.9 Å². The maximum Gasteiger partial charge on any atom is 0.338 e. The molecule has 1 heterocycles. The number of carbonyl (C=O) groups is 1. The molecule has 33 heavy (non-hydrogen) atoms. The summed E-state index contributed by atoms with van der Waals surface area (Å²) in [6.07, 6.45) is 1.76. The number of aryl methyl sites for hydroxylation is 1. The third-order valence-electron chi connectivity index (χ3n) is 5.04. The van der Waals surface area contributed by atoms with Crippen LogP contribution in [0.2, 0.25) is 0 Å². The maximum absolute atomic E-state index is 12.6. The zero-order valence-electron chi connectivity index (χ0n) is 18.6. The Morgan fingerprint density at radius 1 is 1.09 bits per heavy atom. The highest BCUT2D eigenvalue weighted by atomic mass is 32.2. The Morgan fingerprint density at radius 3 is 2.45 bits per heavy atom. The number of rotatable bonds is 9. The van der Waals surface area contributed by atoms with Gasteiger partial charge in [0.25, 0.3) is 0 Å². The summed E-state index contributed by atoms with van der Waals surface area (Å²) in [5.74, 6) is -0.263. The highest BCUT2D eigenvalue weighted by Gasteiger charge is 2.20. The smallest absolute Gasteiger partial charge is 0.338 e. The van der Waals surface area contributed by atoms with E-state index in [-0.39, 0.29) is 22.0 Å². The molecule has 0 aliphatic rings. The fourth-order valence-corrected chi connectivity index (χ4v) is 4.70. The minimum absolute atomic E-state index is 0.0207. The zero-order valence-corrected chi connectivity index (χ0v) is 20.2. The van der Waals surface area contributed by atoms with Crippen LogP contribution < -0.4 is 5.14 Å². The summed E-state index contributed by atoms with van der Waals surface area (Å²) in [6, 6.07) is 10.0. The summed E-state index contributed by atoms with van der Waals surface area (Å²) < 4.78 is 56.4. The number of imidazole rings is 1. The lowest BCUT2D eigenvalue weighted by molar-refractivity contribution is 0.0458. The average molecular weight is 495 g/mol. The fraction of sp³-hybridized carbons (Fsp3) is 0.333. The molecule has 0 radical (unpaired) electrons. The second-order valence-electron chi connectivity index (χ2n) is 7.62. The van der Waals surface area contributed by atoms with Crippen LogP contribution in [0.5, 0.6) is 0 Å². The number of ether oxygens (including phenoxy) is 1. The first-order valence-corrected chi connectivity index (χ1v) is 13.2. The van der Waals surface area contributed by atoms with E-state index < -0.39 is 26.0 Å². The highest BCUT2D eigenvalue weighted by molar-refractivity contribution is 7.89. The average Bonchev–Trinajstić information content (AvgIpc) is 3.12. The monoisotopic (exact) mass is 494 g/mol. The largest absolute Gasteiger partial charge is 0.454 e. The molecule has 0 saturated carbocycles. The third kappa shape index (κ3) is 5.41. The number of benzene rings is 2. The molecule has 10 nitrogen and oxygen atoms in total. The van der Waals surface area contributed by atoms with Crippen molar-refractivity contribution in [2.45, 2.75) is 42.7 Å². The Bertz CT molecular complexity index is 1400. The molecule has 3 rings (SSSR count). The van der Waals surface area contributed by atoms with Gasteiger partial charge in [0, 0.05) is 20.6 Å². The van der Waals surface area contributed by atoms with Crippen LogP contribution in [0.3, 0.4) is 0 Å². The summed E-state index contributed by atoms with van der Waals surface area (Å²) in [5.41, 5.74) is 1.20. The highest BCUT2D eigenvalue weighted by Crippen LogP contribution is 2.22. The molecule has 0 aliphatic heterocycles. The molecule has 0 fully saturated rings. The lowest BCUT2D eigenvalue weighted by atomic mass is 10.2. The minimum Gasteiger partial charge on any atom is -0.454 e. The molecule has 0 saturated heterocycles. The van der Waals surface area contributed by atoms with Crippen molar-refractivity contribution in [2.24, 2.45) is 5.14 Å². The molecular formula is C21H26N4O6S2. The van der Waals surface area contributed by atoms with Gasteiger partial charge in [-0.15, -0.1) is 0 Å². The standard InChI is InChI=1S/C21H26N4O6S2/c1-4-5-11-25-19-10-9-16(32(22,27)28)13-18(19)23-20(25)14-31-21(26)15-7-6-8-17(12-15)33(29,30)24(2)3/h6-10,12-13H,4-5,11,14H2,1-3H3,(H2,22,27,28). The minimum atomic E-state index is -3.89. The van der Waals surface area contributed by atoms with E-state index in [2.05, 4.69) is 4.98 Å². The second kappa shape index (κ2) is 9.59. The van der Waals surface area contributed by atoms with E-state index >= 15 is 0 Å². The topological polar surface area (TPSA) is 142 Å². The summed E-state index contributed by atoms with van der Waals surface area (Å²) >= 11 is 0. The molecule has 12 heteroatoms. The Morgan fingerprint density at radius 2 is 1.82 bits per heavy atom. The van der Waals surface area contributed by atoms with Gasteiger partial charge in [-0.3, -0.25) is 0 Å². The number of sulfonamides is 2. The Labute approximate surface area is 193 Å². The van der Waals surface area contributed by atoms with E-state index in [1.165, 1.54) is 50.5 Å². The molecule has 2 aromatic carbocycles. The number of nitrogens with zero attached hydrogens (tertiary/aromatic N) is 3. The first-order chi connectivity index (χ1) is 15.4. The number of aromatic nitrogens is 2. The molecule has 0 spiro atoms. The Balaban J connectivity index is 1.89. The predicted molar refractivity (Wildman–Crippen MR) is 122 cm³/mol. The van der Waals surface area contributed by atoms with E-state index in [9.17, 15) is 21.6 Å². The normalized spacial score (nSPS) is 12.4. The maximum atomic E-state index is 12.6. The number of esters is 1. The molecule has 1 aromatic heterocycles. The predicted octanol–water partition coefficient (Wildman–Crippen LogP) is 2.09. The van der Waals surface area contributed by atoms with Crippen LogP contribution in [0, 0.1) is 0 Å². The Kier molecular flexibility index (Phi) is 7.22. The number of fused-ring (bicyclic) bond motifs is 1. The molecule has 178 valence electrons. The molecule has 3 aromatic rings. The van der Waals surface area contributed by atoms with Gasteiger partial charge >= 0.3 is 5.97 Å². The van der Waals surface area contributed by atoms with Crippen molar-refractivity contribution in [1.29, 1.82) is 0 Å². The summed E-state index contributed by atoms with van der Waals surface area (Å²) in [7, 11) is -4.78. The second-order valence-corrected chi connectivity index (χ2v) is 11.3. The van der Waals surface area contributed by atoms with Crippen molar-refractivity contribution < 1.29 is 26.4 Å². The summed E-state index contributed by atoms with van der Waals surface area (Å²) in [5, 5.41) is 5.22. The molecule has 0 unspecified atom stereocenters. The lowest BCUT2D eigenvalue weighted by Crippen LogP contribution is -2.22. The van der Waals surface area contributed by atoms with Gasteiger partial charge in [-0.1, -0.05) is 19.4 Å². The van der Waals surface area contributed by atoms with Crippen molar-refractivity contribution in [2.75, 3.05) is 14.1 Å². The molecule has 0 bridgehead atoms. The Hall–Kier alpha value is -2.80. The van der Waals surface area contributed by atoms with E-state index in [4.69, 9.17) is 9.88 Å². The number of unbranched alkanes of at least 4 members (excludes halogenated alkanes) is 1. The molecule has 0 amide bonds. The van der Waals surface area contributed by atoms with Crippen LogP contribution in [0.4, 0.5) is 0 Å². The van der Waals surface area contributed by atoms with Gasteiger partial charge in [0.15, 0.2) is 0 Å². The van der Waals surface area contributed by atoms with Gasteiger partial charge in [-0.05, 0) is 42.8 Å². The van der Waals surface area contributed by atoms with Gasteiger partial charge < -0.3 is 9.30 Å². The van der Waals surface area contributed by atoms with Gasteiger partial charge in [0.1, 0.15) is 12.4 Å². The van der Waals surface area contributed by atoms with Crippen molar-refractivity contribution in [3.63, 3.8) is 0 Å². The van der Waals surface area contributed by atoms with E-state index in [1.807, 2.05) is 11.5 Å². The zero-order chi connectivity index (χ0) is 24.4. The molecule has 2 N–H and O–H groups in total. The van der Waals surface area contributed by atoms with Crippen molar-refractivity contribution in [3.8, 4) is 0 Å². The fourth-order valence-electron chi connectivity index (χ4n) is 3.22. The number of nitrogens with two attached hydrogens (primary N) is 1. The van der Waals surface area contributed by atoms with E-state index in [0.29, 0.717) is 23.4 Å². The molecule has 0 aliphatic carbocycles. The van der Waals surface area contributed by atoms with Crippen LogP contribution in [0.15, 0.2) is 52.3 Å². The van der Waals surface area contributed by atoms with E-state index in [1.54, 1.807) is 6.07 Å². The SMILES string of the molecule is CCCCn1c(COC(=O)c2cccc(S(=O)(=O)N(C)C)c2)nc2cc(S(N)(=O)=O)ccc21. The summed E-state index contributed by atoms with van der Waals surface area (Å²) in [4.78, 5) is 17.0. The van der Waals surface area contributed by atoms with Crippen LogP contribution in [0.1, 0.15) is 35.9 Å². The van der Waals surface area contributed by atoms with Crippen LogP contribution in [-0.4, -0.2) is 50.8 Å². The molecular weight excluding hydrogens is 468 g/mol. The number of carbonyl (C=O) groups excluding carboxylic acids is 1. The van der Waals surface area contributed by atoms with Crippen molar-refractivity contribution in [1.82, 2.24) is 13.9 Å². The van der Waals surface area contributed by atoms with E-state index in [0.717, 1.165) is 17.1 Å². The van der Waals surface area contributed by atoms with Crippen molar-refractivity contribution >= 4 is 37.0 Å². The van der Waals surface area contributed by atoms with Gasteiger partial charge in [0.05, 0.1) is 26.4 Å². The third-order valence-corrected chi connectivity index (χ3v) is 7.77. The van der Waals surface area contributed by atoms with Crippen LogP contribution >= 0.6 is 0 Å². The van der Waals surface area contributed by atoms with Gasteiger partial charge in [0.2, 0.25) is 20.0 Å². The first-order valence-electron chi connectivity index (χ1n) is 10.2. The first kappa shape index (κ1) is 24.8. The lowest BCUT2D eigenvalue weighted by Gasteiger charge is -2.12. The molecule has 0 atom stereocenters. The summed E-state index contributed by atoms with van der Waals surface area (Å²) in [6.45, 7) is 2.46. The van der Waals surface area contributed by atoms with Crippen LogP contribution in [-0.2, 0) is 37.9 Å². The quantitative estimate of drug-likeness (QED) is 0.449.